The van der Waals surface area contributed by atoms with E-state index in [0.717, 1.165) is 17.3 Å². The lowest BCUT2D eigenvalue weighted by Gasteiger charge is -2.24. The molecule has 1 amide bonds. The topological polar surface area (TPSA) is 72.6 Å². The summed E-state index contributed by atoms with van der Waals surface area (Å²) in [5.74, 6) is 2.23. The average molecular weight is 308 g/mol. The highest BCUT2D eigenvalue weighted by atomic mass is 32.2. The van der Waals surface area contributed by atoms with Gasteiger partial charge in [-0.05, 0) is 42.7 Å². The maximum Gasteiger partial charge on any atom is 0.240 e. The molecule has 0 unspecified atom stereocenters. The minimum absolute atomic E-state index is 0.0862. The fourth-order valence-corrected chi connectivity index (χ4v) is 2.49. The predicted octanol–water partition coefficient (Wildman–Crippen LogP) is 2.48. The Hall–Kier alpha value is -1.66. The van der Waals surface area contributed by atoms with E-state index in [4.69, 9.17) is 14.6 Å². The molecule has 2 aromatic rings. The normalized spacial score (nSPS) is 12.3. The first-order chi connectivity index (χ1) is 10.2. The Labute approximate surface area is 128 Å². The van der Waals surface area contributed by atoms with Gasteiger partial charge >= 0.3 is 0 Å². The molecular formula is C15H20N2O3S. The zero-order chi connectivity index (χ0) is 15.1. The van der Waals surface area contributed by atoms with Crippen LogP contribution in [0.25, 0.3) is 0 Å². The molecule has 2 N–H and O–H groups in total. The van der Waals surface area contributed by atoms with Crippen molar-refractivity contribution in [2.24, 2.45) is 5.73 Å². The molecule has 0 aliphatic rings. The minimum atomic E-state index is -0.498. The maximum absolute atomic E-state index is 12.5. The zero-order valence-corrected chi connectivity index (χ0v) is 12.8. The number of thioether (sulfide) groups is 1. The molecule has 2 heterocycles. The number of hydrogen-bond acceptors (Lipinski definition) is 5. The molecule has 0 aliphatic carbocycles. The summed E-state index contributed by atoms with van der Waals surface area (Å²) in [6.07, 6.45) is 5.85. The number of carbonyl (C=O) groups is 1. The molecule has 0 bridgehead atoms. The standard InChI is InChI=1S/C15H20N2O3S/c1-21-9-6-14(16)15(18)17(10-12-4-2-7-19-12)11-13-5-3-8-20-13/h2-5,7-8,14H,6,9-11,16H2,1H3/t14-/m1/s1. The van der Waals surface area contributed by atoms with Crippen LogP contribution >= 0.6 is 11.8 Å². The van der Waals surface area contributed by atoms with Crippen LogP contribution in [-0.2, 0) is 17.9 Å². The summed E-state index contributed by atoms with van der Waals surface area (Å²) in [7, 11) is 0. The molecule has 1 atom stereocenters. The quantitative estimate of drug-likeness (QED) is 0.811. The molecule has 0 radical (unpaired) electrons. The Morgan fingerprint density at radius 3 is 2.24 bits per heavy atom. The first kappa shape index (κ1) is 15.7. The van der Waals surface area contributed by atoms with Crippen LogP contribution in [0.3, 0.4) is 0 Å². The van der Waals surface area contributed by atoms with E-state index in [1.54, 1.807) is 41.3 Å². The van der Waals surface area contributed by atoms with E-state index in [-0.39, 0.29) is 5.91 Å². The van der Waals surface area contributed by atoms with Crippen LogP contribution in [0.2, 0.25) is 0 Å². The molecule has 0 fully saturated rings. The summed E-state index contributed by atoms with van der Waals surface area (Å²) in [4.78, 5) is 14.2. The van der Waals surface area contributed by atoms with E-state index in [9.17, 15) is 4.79 Å². The fraction of sp³-hybridized carbons (Fsp3) is 0.400. The minimum Gasteiger partial charge on any atom is -0.467 e. The van der Waals surface area contributed by atoms with Crippen LogP contribution in [0, 0.1) is 0 Å². The van der Waals surface area contributed by atoms with Crippen LogP contribution < -0.4 is 5.73 Å². The second-order valence-corrected chi connectivity index (χ2v) is 5.73. The van der Waals surface area contributed by atoms with E-state index in [0.29, 0.717) is 19.5 Å². The van der Waals surface area contributed by atoms with Crippen molar-refractivity contribution in [1.29, 1.82) is 0 Å². The smallest absolute Gasteiger partial charge is 0.240 e. The van der Waals surface area contributed by atoms with Crippen molar-refractivity contribution in [2.45, 2.75) is 25.6 Å². The molecule has 2 rings (SSSR count). The van der Waals surface area contributed by atoms with Crippen LogP contribution in [0.4, 0.5) is 0 Å². The Kier molecular flexibility index (Phi) is 5.95. The van der Waals surface area contributed by atoms with Gasteiger partial charge in [0.2, 0.25) is 5.91 Å². The van der Waals surface area contributed by atoms with Crippen LogP contribution in [0.1, 0.15) is 17.9 Å². The van der Waals surface area contributed by atoms with Gasteiger partial charge in [0.15, 0.2) is 0 Å². The van der Waals surface area contributed by atoms with Crippen molar-refractivity contribution >= 4 is 17.7 Å². The molecule has 0 aromatic carbocycles. The van der Waals surface area contributed by atoms with Crippen molar-refractivity contribution in [3.8, 4) is 0 Å². The van der Waals surface area contributed by atoms with Crippen molar-refractivity contribution < 1.29 is 13.6 Å². The second kappa shape index (κ2) is 7.95. The van der Waals surface area contributed by atoms with Gasteiger partial charge in [-0.25, -0.2) is 0 Å². The lowest BCUT2D eigenvalue weighted by Crippen LogP contribution is -2.43. The number of carbonyl (C=O) groups excluding carboxylic acids is 1. The van der Waals surface area contributed by atoms with Crippen molar-refractivity contribution in [3.05, 3.63) is 48.3 Å². The molecular weight excluding hydrogens is 288 g/mol. The van der Waals surface area contributed by atoms with E-state index < -0.39 is 6.04 Å². The highest BCUT2D eigenvalue weighted by Crippen LogP contribution is 2.13. The molecule has 114 valence electrons. The lowest BCUT2D eigenvalue weighted by atomic mass is 10.2. The van der Waals surface area contributed by atoms with Crippen LogP contribution in [-0.4, -0.2) is 28.9 Å². The summed E-state index contributed by atoms with van der Waals surface area (Å²) in [6.45, 7) is 0.777. The maximum atomic E-state index is 12.5. The van der Waals surface area contributed by atoms with Crippen molar-refractivity contribution in [3.63, 3.8) is 0 Å². The third-order valence-corrected chi connectivity index (χ3v) is 3.76. The van der Waals surface area contributed by atoms with Gasteiger partial charge in [-0.2, -0.15) is 11.8 Å². The third kappa shape index (κ3) is 4.68. The van der Waals surface area contributed by atoms with E-state index in [1.807, 2.05) is 18.4 Å². The molecule has 0 spiro atoms. The lowest BCUT2D eigenvalue weighted by molar-refractivity contribution is -0.134. The van der Waals surface area contributed by atoms with Gasteiger partial charge < -0.3 is 19.5 Å². The summed E-state index contributed by atoms with van der Waals surface area (Å²) >= 11 is 1.68. The Morgan fingerprint density at radius 2 is 1.81 bits per heavy atom. The molecule has 0 saturated carbocycles. The summed E-state index contributed by atoms with van der Waals surface area (Å²) < 4.78 is 10.6. The summed E-state index contributed by atoms with van der Waals surface area (Å²) in [6, 6.07) is 6.80. The second-order valence-electron chi connectivity index (χ2n) is 4.74. The van der Waals surface area contributed by atoms with Crippen LogP contribution in [0.5, 0.6) is 0 Å². The zero-order valence-electron chi connectivity index (χ0n) is 12.0. The number of rotatable bonds is 8. The molecule has 6 heteroatoms. The van der Waals surface area contributed by atoms with Crippen LogP contribution in [0.15, 0.2) is 45.6 Å². The highest BCUT2D eigenvalue weighted by Gasteiger charge is 2.22. The highest BCUT2D eigenvalue weighted by molar-refractivity contribution is 7.98. The van der Waals surface area contributed by atoms with Gasteiger partial charge in [-0.3, -0.25) is 4.79 Å². The Morgan fingerprint density at radius 1 is 1.24 bits per heavy atom. The summed E-state index contributed by atoms with van der Waals surface area (Å²) in [5.41, 5.74) is 6.00. The average Bonchev–Trinajstić information content (AvgIpc) is 3.16. The van der Waals surface area contributed by atoms with Crippen molar-refractivity contribution in [1.82, 2.24) is 4.90 Å². The number of furan rings is 2. The molecule has 2 aromatic heterocycles. The largest absolute Gasteiger partial charge is 0.467 e. The number of hydrogen-bond donors (Lipinski definition) is 1. The van der Waals surface area contributed by atoms with E-state index in [1.165, 1.54) is 0 Å². The first-order valence-electron chi connectivity index (χ1n) is 6.78. The van der Waals surface area contributed by atoms with Gasteiger partial charge in [-0.15, -0.1) is 0 Å². The van der Waals surface area contributed by atoms with Gasteiger partial charge in [0.1, 0.15) is 11.5 Å². The predicted molar refractivity (Wildman–Crippen MR) is 82.6 cm³/mol. The fourth-order valence-electron chi connectivity index (χ4n) is 2.00. The Bertz CT molecular complexity index is 489. The van der Waals surface area contributed by atoms with E-state index in [2.05, 4.69) is 0 Å². The van der Waals surface area contributed by atoms with Gasteiger partial charge in [0, 0.05) is 0 Å². The summed E-state index contributed by atoms with van der Waals surface area (Å²) in [5, 5.41) is 0. The molecule has 21 heavy (non-hydrogen) atoms. The number of nitrogens with two attached hydrogens (primary N) is 1. The molecule has 0 saturated heterocycles. The first-order valence-corrected chi connectivity index (χ1v) is 8.18. The third-order valence-electron chi connectivity index (χ3n) is 3.12. The molecule has 5 nitrogen and oxygen atoms in total. The van der Waals surface area contributed by atoms with Gasteiger partial charge in [0.05, 0.1) is 31.7 Å². The number of amides is 1. The van der Waals surface area contributed by atoms with Gasteiger partial charge in [-0.1, -0.05) is 0 Å². The van der Waals surface area contributed by atoms with E-state index >= 15 is 0 Å². The number of nitrogens with zero attached hydrogens (tertiary/aromatic N) is 1. The SMILES string of the molecule is CSCC[C@@H](N)C(=O)N(Cc1ccco1)Cc1ccco1. The monoisotopic (exact) mass is 308 g/mol. The van der Waals surface area contributed by atoms with Gasteiger partial charge in [0.25, 0.3) is 0 Å². The van der Waals surface area contributed by atoms with Crippen molar-refractivity contribution in [2.75, 3.05) is 12.0 Å². The molecule has 0 aliphatic heterocycles. The Balaban J connectivity index is 2.04.